The molecule has 2 aromatic heterocycles. The molecule has 2 N–H and O–H groups in total. The summed E-state index contributed by atoms with van der Waals surface area (Å²) in [5.41, 5.74) is 0.174. The van der Waals surface area contributed by atoms with Crippen LogP contribution in [-0.2, 0) is 6.61 Å². The second-order valence-corrected chi connectivity index (χ2v) is 5.00. The normalized spacial score (nSPS) is 10.8. The molecule has 0 aliphatic rings. The first-order valence-electron chi connectivity index (χ1n) is 6.36. The molecule has 0 aliphatic heterocycles. The van der Waals surface area contributed by atoms with Gasteiger partial charge in [0.1, 0.15) is 18.1 Å². The van der Waals surface area contributed by atoms with Crippen molar-refractivity contribution in [3.05, 3.63) is 59.1 Å². The summed E-state index contributed by atoms with van der Waals surface area (Å²) in [5.74, 6) is -0.180. The summed E-state index contributed by atoms with van der Waals surface area (Å²) in [4.78, 5) is 15.3. The molecule has 0 atom stereocenters. The molecule has 0 radical (unpaired) electrons. The average molecular weight is 319 g/mol. The zero-order chi connectivity index (χ0) is 15.7. The van der Waals surface area contributed by atoms with Gasteiger partial charge in [0.15, 0.2) is 11.5 Å². The highest BCUT2D eigenvalue weighted by molar-refractivity contribution is 6.30. The van der Waals surface area contributed by atoms with Crippen LogP contribution in [0.15, 0.2) is 42.6 Å². The van der Waals surface area contributed by atoms with Gasteiger partial charge in [-0.2, -0.15) is 0 Å². The highest BCUT2D eigenvalue weighted by Gasteiger charge is 2.17. The Morgan fingerprint density at radius 3 is 2.68 bits per heavy atom. The van der Waals surface area contributed by atoms with Crippen LogP contribution in [0.3, 0.4) is 0 Å². The Bertz CT molecular complexity index is 843. The van der Waals surface area contributed by atoms with Gasteiger partial charge in [-0.15, -0.1) is 0 Å². The molecule has 0 fully saturated rings. The highest BCUT2D eigenvalue weighted by atomic mass is 35.5. The smallest absolute Gasteiger partial charge is 0.356 e. The van der Waals surface area contributed by atoms with Gasteiger partial charge >= 0.3 is 5.97 Å². The molecule has 22 heavy (non-hydrogen) atoms. The van der Waals surface area contributed by atoms with Gasteiger partial charge in [0, 0.05) is 17.3 Å². The summed E-state index contributed by atoms with van der Waals surface area (Å²) >= 11 is 5.80. The van der Waals surface area contributed by atoms with E-state index < -0.39 is 5.97 Å². The number of pyridine rings is 1. The lowest BCUT2D eigenvalue weighted by Crippen LogP contribution is -2.01. The summed E-state index contributed by atoms with van der Waals surface area (Å²) in [5, 5.41) is 19.3. The number of fused-ring (bicyclic) bond motifs is 1. The van der Waals surface area contributed by atoms with Crippen LogP contribution in [0.1, 0.15) is 16.3 Å². The number of benzene rings is 1. The second kappa shape index (κ2) is 5.57. The third-order valence-electron chi connectivity index (χ3n) is 3.08. The lowest BCUT2D eigenvalue weighted by atomic mass is 10.3. The molecule has 112 valence electrons. The first-order valence-corrected chi connectivity index (χ1v) is 6.74. The lowest BCUT2D eigenvalue weighted by Gasteiger charge is -2.05. The van der Waals surface area contributed by atoms with Gasteiger partial charge in [0.05, 0.1) is 5.52 Å². The average Bonchev–Trinajstić information content (AvgIpc) is 2.85. The molecule has 0 bridgehead atoms. The quantitative estimate of drug-likeness (QED) is 0.772. The molecule has 0 unspecified atom stereocenters. The van der Waals surface area contributed by atoms with E-state index in [1.54, 1.807) is 34.9 Å². The van der Waals surface area contributed by atoms with E-state index in [0.717, 1.165) is 0 Å². The summed E-state index contributed by atoms with van der Waals surface area (Å²) in [6, 6.07) is 9.61. The molecule has 0 saturated carbocycles. The second-order valence-electron chi connectivity index (χ2n) is 4.56. The van der Waals surface area contributed by atoms with Crippen LogP contribution in [-0.4, -0.2) is 25.6 Å². The molecule has 3 rings (SSSR count). The van der Waals surface area contributed by atoms with E-state index in [2.05, 4.69) is 4.98 Å². The maximum Gasteiger partial charge on any atom is 0.356 e. The zero-order valence-corrected chi connectivity index (χ0v) is 12.0. The van der Waals surface area contributed by atoms with Crippen LogP contribution in [0.25, 0.3) is 5.52 Å². The predicted octanol–water partition coefficient (Wildman–Crippen LogP) is 2.97. The van der Waals surface area contributed by atoms with Gasteiger partial charge < -0.3 is 14.9 Å². The molecular weight excluding hydrogens is 308 g/mol. The molecule has 0 spiro atoms. The van der Waals surface area contributed by atoms with Crippen molar-refractivity contribution in [2.75, 3.05) is 0 Å². The molecule has 7 heteroatoms. The largest absolute Gasteiger partial charge is 0.508 e. The summed E-state index contributed by atoms with van der Waals surface area (Å²) in [6.45, 7) is 0.0842. The number of ether oxygens (including phenoxy) is 1. The first-order chi connectivity index (χ1) is 10.5. The molecule has 0 aliphatic carbocycles. The highest BCUT2D eigenvalue weighted by Crippen LogP contribution is 2.21. The minimum absolute atomic E-state index is 0.0277. The fraction of sp³-hybridized carbons (Fsp3) is 0.0667. The van der Waals surface area contributed by atoms with Crippen molar-refractivity contribution in [3.8, 4) is 11.5 Å². The fourth-order valence-corrected chi connectivity index (χ4v) is 2.20. The van der Waals surface area contributed by atoms with E-state index in [1.165, 1.54) is 12.1 Å². The monoisotopic (exact) mass is 318 g/mol. The van der Waals surface area contributed by atoms with Gasteiger partial charge in [0.2, 0.25) is 0 Å². The lowest BCUT2D eigenvalue weighted by molar-refractivity contribution is 0.0693. The molecule has 2 heterocycles. The third-order valence-corrected chi connectivity index (χ3v) is 3.34. The first kappa shape index (κ1) is 14.2. The van der Waals surface area contributed by atoms with Crippen molar-refractivity contribution < 1.29 is 19.7 Å². The van der Waals surface area contributed by atoms with E-state index in [9.17, 15) is 15.0 Å². The maximum atomic E-state index is 11.2. The number of aromatic nitrogens is 2. The Morgan fingerprint density at radius 1 is 1.27 bits per heavy atom. The van der Waals surface area contributed by atoms with Gasteiger partial charge in [-0.25, -0.2) is 9.78 Å². The van der Waals surface area contributed by atoms with E-state index in [1.807, 2.05) is 0 Å². The van der Waals surface area contributed by atoms with Gasteiger partial charge in [-0.05, 0) is 30.3 Å². The minimum atomic E-state index is -1.17. The number of carboxylic acids is 1. The fourth-order valence-electron chi connectivity index (χ4n) is 2.07. The maximum absolute atomic E-state index is 11.2. The van der Waals surface area contributed by atoms with E-state index >= 15 is 0 Å². The molecular formula is C15H11ClN2O4. The van der Waals surface area contributed by atoms with Crippen molar-refractivity contribution in [1.29, 1.82) is 0 Å². The summed E-state index contributed by atoms with van der Waals surface area (Å²) in [6.07, 6.45) is 1.55. The third kappa shape index (κ3) is 2.68. The molecule has 0 amide bonds. The van der Waals surface area contributed by atoms with E-state index in [-0.39, 0.29) is 18.1 Å². The van der Waals surface area contributed by atoms with Crippen LogP contribution >= 0.6 is 11.6 Å². The topological polar surface area (TPSA) is 84.1 Å². The Kier molecular flexibility index (Phi) is 3.60. The van der Waals surface area contributed by atoms with Crippen molar-refractivity contribution in [3.63, 3.8) is 0 Å². The van der Waals surface area contributed by atoms with Gasteiger partial charge in [0.25, 0.3) is 0 Å². The van der Waals surface area contributed by atoms with Crippen molar-refractivity contribution >= 4 is 23.1 Å². The molecule has 1 aromatic carbocycles. The molecule has 0 saturated heterocycles. The summed E-state index contributed by atoms with van der Waals surface area (Å²) in [7, 11) is 0. The number of imidazole rings is 1. The van der Waals surface area contributed by atoms with E-state index in [4.69, 9.17) is 16.3 Å². The Morgan fingerprint density at radius 2 is 2.00 bits per heavy atom. The predicted molar refractivity (Wildman–Crippen MR) is 79.6 cm³/mol. The van der Waals surface area contributed by atoms with Crippen molar-refractivity contribution in [2.45, 2.75) is 6.61 Å². The number of nitrogens with zero attached hydrogens (tertiary/aromatic N) is 2. The van der Waals surface area contributed by atoms with Crippen LogP contribution < -0.4 is 4.74 Å². The minimum Gasteiger partial charge on any atom is -0.508 e. The number of hydrogen-bond acceptors (Lipinski definition) is 4. The van der Waals surface area contributed by atoms with Crippen molar-refractivity contribution in [2.24, 2.45) is 0 Å². The Labute approximate surface area is 130 Å². The number of aromatic hydroxyl groups is 1. The standard InChI is InChI=1S/C15H11ClN2O4/c16-9-1-3-11(4-2-9)22-8-13-17-14(15(20)21)12-7-10(19)5-6-18(12)13/h1-7,19H,8H2,(H,20,21). The van der Waals surface area contributed by atoms with Crippen molar-refractivity contribution in [1.82, 2.24) is 9.38 Å². The Hall–Kier alpha value is -2.73. The SMILES string of the molecule is O=C(O)c1nc(COc2ccc(Cl)cc2)n2ccc(O)cc12. The number of hydrogen-bond donors (Lipinski definition) is 2. The van der Waals surface area contributed by atoms with Gasteiger partial charge in [-0.3, -0.25) is 4.40 Å². The molecule has 3 aromatic rings. The van der Waals surface area contributed by atoms with Crippen LogP contribution in [0, 0.1) is 0 Å². The Balaban J connectivity index is 1.93. The van der Waals surface area contributed by atoms with E-state index in [0.29, 0.717) is 22.1 Å². The zero-order valence-electron chi connectivity index (χ0n) is 11.2. The number of carboxylic acid groups (broad SMARTS) is 1. The molecule has 6 nitrogen and oxygen atoms in total. The van der Waals surface area contributed by atoms with Crippen LogP contribution in [0.4, 0.5) is 0 Å². The summed E-state index contributed by atoms with van der Waals surface area (Å²) < 4.78 is 7.15. The number of carbonyl (C=O) groups is 1. The number of halogens is 1. The van der Waals surface area contributed by atoms with Gasteiger partial charge in [-0.1, -0.05) is 11.6 Å². The number of aromatic carboxylic acids is 1. The number of rotatable bonds is 4. The van der Waals surface area contributed by atoms with Crippen LogP contribution in [0.5, 0.6) is 11.5 Å². The van der Waals surface area contributed by atoms with Crippen LogP contribution in [0.2, 0.25) is 5.02 Å².